The van der Waals surface area contributed by atoms with Gasteiger partial charge in [-0.3, -0.25) is 5.10 Å². The molecule has 0 aliphatic heterocycles. The normalized spacial score (nSPS) is 13.2. The molecule has 20 heavy (non-hydrogen) atoms. The molecule has 0 radical (unpaired) electrons. The van der Waals surface area contributed by atoms with Gasteiger partial charge >= 0.3 is 0 Å². The van der Waals surface area contributed by atoms with E-state index in [-0.39, 0.29) is 10.6 Å². The van der Waals surface area contributed by atoms with Crippen LogP contribution in [0.5, 0.6) is 5.75 Å². The standard InChI is InChI=1S/C12H14FN3O3S/c1-8(9-6-14-15-7-9)16-20(17,18)10-3-4-12(19-2)11(13)5-10/h3-8,16H,1-2H3,(H,14,15). The minimum absolute atomic E-state index is 0.00756. The molecule has 2 aromatic rings. The zero-order valence-electron chi connectivity index (χ0n) is 10.9. The van der Waals surface area contributed by atoms with Gasteiger partial charge in [-0.2, -0.15) is 5.10 Å². The molecule has 0 fully saturated rings. The van der Waals surface area contributed by atoms with Crippen molar-refractivity contribution in [1.29, 1.82) is 0 Å². The van der Waals surface area contributed by atoms with E-state index in [1.165, 1.54) is 25.4 Å². The molecule has 1 aromatic heterocycles. The number of hydrogen-bond acceptors (Lipinski definition) is 4. The first-order chi connectivity index (χ1) is 9.44. The second kappa shape index (κ2) is 5.59. The van der Waals surface area contributed by atoms with Gasteiger partial charge in [0.15, 0.2) is 11.6 Å². The van der Waals surface area contributed by atoms with Crippen LogP contribution in [0, 0.1) is 5.82 Å². The molecular weight excluding hydrogens is 285 g/mol. The molecule has 1 heterocycles. The summed E-state index contributed by atoms with van der Waals surface area (Å²) in [7, 11) is -2.51. The van der Waals surface area contributed by atoms with E-state index in [9.17, 15) is 12.8 Å². The summed E-state index contributed by atoms with van der Waals surface area (Å²) in [5.74, 6) is -0.738. The van der Waals surface area contributed by atoms with E-state index in [1.807, 2.05) is 0 Å². The van der Waals surface area contributed by atoms with Gasteiger partial charge in [-0.25, -0.2) is 17.5 Å². The van der Waals surface area contributed by atoms with Crippen LogP contribution in [0.1, 0.15) is 18.5 Å². The molecule has 0 saturated carbocycles. The van der Waals surface area contributed by atoms with Crippen LogP contribution in [0.3, 0.4) is 0 Å². The second-order valence-corrected chi connectivity index (χ2v) is 5.88. The molecule has 0 amide bonds. The van der Waals surface area contributed by atoms with Crippen LogP contribution in [0.4, 0.5) is 4.39 Å². The van der Waals surface area contributed by atoms with Crippen LogP contribution < -0.4 is 9.46 Å². The molecule has 2 rings (SSSR count). The van der Waals surface area contributed by atoms with Crippen LogP contribution in [0.2, 0.25) is 0 Å². The SMILES string of the molecule is COc1ccc(S(=O)(=O)NC(C)c2cn[nH]c2)cc1F. The highest BCUT2D eigenvalue weighted by molar-refractivity contribution is 7.89. The quantitative estimate of drug-likeness (QED) is 0.878. The fraction of sp³-hybridized carbons (Fsp3) is 0.250. The summed E-state index contributed by atoms with van der Waals surface area (Å²) in [4.78, 5) is -0.161. The van der Waals surface area contributed by atoms with E-state index in [1.54, 1.807) is 13.1 Å². The van der Waals surface area contributed by atoms with Crippen molar-refractivity contribution in [2.45, 2.75) is 17.9 Å². The van der Waals surface area contributed by atoms with Crippen LogP contribution >= 0.6 is 0 Å². The number of ether oxygens (including phenoxy) is 1. The largest absolute Gasteiger partial charge is 0.494 e. The summed E-state index contributed by atoms with van der Waals surface area (Å²) in [5.41, 5.74) is 0.683. The van der Waals surface area contributed by atoms with Gasteiger partial charge in [-0.1, -0.05) is 0 Å². The number of rotatable bonds is 5. The Balaban J connectivity index is 2.24. The highest BCUT2D eigenvalue weighted by atomic mass is 32.2. The van der Waals surface area contributed by atoms with Crippen molar-refractivity contribution in [3.63, 3.8) is 0 Å². The average molecular weight is 299 g/mol. The van der Waals surface area contributed by atoms with Crippen molar-refractivity contribution in [2.75, 3.05) is 7.11 Å². The summed E-state index contributed by atoms with van der Waals surface area (Å²) in [6, 6.07) is 2.99. The Kier molecular flexibility index (Phi) is 4.05. The van der Waals surface area contributed by atoms with Gasteiger partial charge in [-0.05, 0) is 25.1 Å². The first kappa shape index (κ1) is 14.5. The molecule has 0 saturated heterocycles. The molecule has 6 nitrogen and oxygen atoms in total. The Morgan fingerprint density at radius 2 is 2.20 bits per heavy atom. The number of aromatic nitrogens is 2. The molecule has 1 unspecified atom stereocenters. The van der Waals surface area contributed by atoms with Gasteiger partial charge in [0.2, 0.25) is 10.0 Å². The lowest BCUT2D eigenvalue weighted by Gasteiger charge is -2.13. The fourth-order valence-corrected chi connectivity index (χ4v) is 2.92. The van der Waals surface area contributed by atoms with Crippen molar-refractivity contribution < 1.29 is 17.5 Å². The van der Waals surface area contributed by atoms with Gasteiger partial charge in [0.25, 0.3) is 0 Å². The Morgan fingerprint density at radius 1 is 1.45 bits per heavy atom. The predicted octanol–water partition coefficient (Wildman–Crippen LogP) is 1.60. The van der Waals surface area contributed by atoms with E-state index in [4.69, 9.17) is 4.74 Å². The number of aromatic amines is 1. The smallest absolute Gasteiger partial charge is 0.241 e. The number of halogens is 1. The number of H-pyrrole nitrogens is 1. The molecule has 0 aliphatic rings. The Labute approximate surface area is 116 Å². The van der Waals surface area contributed by atoms with Gasteiger partial charge in [0.1, 0.15) is 0 Å². The Hall–Kier alpha value is -1.93. The van der Waals surface area contributed by atoms with Crippen LogP contribution in [0.15, 0.2) is 35.5 Å². The van der Waals surface area contributed by atoms with Crippen molar-refractivity contribution in [3.8, 4) is 5.75 Å². The molecule has 1 aromatic carbocycles. The van der Waals surface area contributed by atoms with Crippen molar-refractivity contribution in [2.24, 2.45) is 0 Å². The molecule has 0 spiro atoms. The highest BCUT2D eigenvalue weighted by Gasteiger charge is 2.20. The van der Waals surface area contributed by atoms with E-state index in [0.29, 0.717) is 5.56 Å². The fourth-order valence-electron chi connectivity index (χ4n) is 1.68. The Morgan fingerprint density at radius 3 is 2.75 bits per heavy atom. The Bertz CT molecular complexity index is 686. The zero-order valence-corrected chi connectivity index (χ0v) is 11.7. The maximum atomic E-state index is 13.6. The van der Waals surface area contributed by atoms with Crippen LogP contribution in [-0.2, 0) is 10.0 Å². The van der Waals surface area contributed by atoms with Crippen LogP contribution in [0.25, 0.3) is 0 Å². The lowest BCUT2D eigenvalue weighted by molar-refractivity contribution is 0.385. The number of benzene rings is 1. The number of methoxy groups -OCH3 is 1. The topological polar surface area (TPSA) is 84.1 Å². The number of nitrogens with zero attached hydrogens (tertiary/aromatic N) is 1. The first-order valence-corrected chi connectivity index (χ1v) is 7.27. The number of sulfonamides is 1. The van der Waals surface area contributed by atoms with Gasteiger partial charge < -0.3 is 4.74 Å². The summed E-state index contributed by atoms with van der Waals surface area (Å²) < 4.78 is 45.0. The third kappa shape index (κ3) is 2.97. The third-order valence-electron chi connectivity index (χ3n) is 2.78. The highest BCUT2D eigenvalue weighted by Crippen LogP contribution is 2.22. The minimum Gasteiger partial charge on any atom is -0.494 e. The van der Waals surface area contributed by atoms with Crippen molar-refractivity contribution in [1.82, 2.24) is 14.9 Å². The van der Waals surface area contributed by atoms with Gasteiger partial charge in [0, 0.05) is 17.8 Å². The zero-order chi connectivity index (χ0) is 14.8. The molecular formula is C12H14FN3O3S. The van der Waals surface area contributed by atoms with E-state index in [0.717, 1.165) is 6.07 Å². The van der Waals surface area contributed by atoms with Gasteiger partial charge in [-0.15, -0.1) is 0 Å². The summed E-state index contributed by atoms with van der Waals surface area (Å²) in [6.07, 6.45) is 3.10. The maximum Gasteiger partial charge on any atom is 0.241 e. The third-order valence-corrected chi connectivity index (χ3v) is 4.32. The van der Waals surface area contributed by atoms with Gasteiger partial charge in [0.05, 0.1) is 18.2 Å². The molecule has 108 valence electrons. The average Bonchev–Trinajstić information content (AvgIpc) is 2.92. The summed E-state index contributed by atoms with van der Waals surface area (Å²) in [6.45, 7) is 1.67. The van der Waals surface area contributed by atoms with Crippen molar-refractivity contribution in [3.05, 3.63) is 42.0 Å². The number of hydrogen-bond donors (Lipinski definition) is 2. The summed E-state index contributed by atoms with van der Waals surface area (Å²) >= 11 is 0. The molecule has 0 aliphatic carbocycles. The van der Waals surface area contributed by atoms with Crippen molar-refractivity contribution >= 4 is 10.0 Å². The first-order valence-electron chi connectivity index (χ1n) is 5.78. The molecule has 1 atom stereocenters. The molecule has 8 heteroatoms. The lowest BCUT2D eigenvalue weighted by Crippen LogP contribution is -2.26. The van der Waals surface area contributed by atoms with E-state index < -0.39 is 21.9 Å². The number of nitrogens with one attached hydrogen (secondary N) is 2. The summed E-state index contributed by atoms with van der Waals surface area (Å²) in [5, 5.41) is 6.35. The lowest BCUT2D eigenvalue weighted by atomic mass is 10.2. The predicted molar refractivity (Wildman–Crippen MR) is 70.3 cm³/mol. The minimum atomic E-state index is -3.82. The molecule has 2 N–H and O–H groups in total. The molecule has 0 bridgehead atoms. The van der Waals surface area contributed by atoms with Crippen LogP contribution in [-0.4, -0.2) is 25.7 Å². The maximum absolute atomic E-state index is 13.6. The second-order valence-electron chi connectivity index (χ2n) is 4.17. The van der Waals surface area contributed by atoms with E-state index >= 15 is 0 Å². The van der Waals surface area contributed by atoms with E-state index in [2.05, 4.69) is 14.9 Å². The monoisotopic (exact) mass is 299 g/mol.